The van der Waals surface area contributed by atoms with Gasteiger partial charge in [0.15, 0.2) is 0 Å². The van der Waals surface area contributed by atoms with Crippen LogP contribution >= 0.6 is 0 Å². The second kappa shape index (κ2) is 6.03. The Bertz CT molecular complexity index is 377. The molecule has 0 aliphatic carbocycles. The zero-order chi connectivity index (χ0) is 15.8. The van der Waals surface area contributed by atoms with Gasteiger partial charge < -0.3 is 36.0 Å². The third kappa shape index (κ3) is 2.99. The highest BCUT2D eigenvalue weighted by molar-refractivity contribution is 5.71. The molecule has 8 nitrogen and oxygen atoms in total. The molecule has 3 unspecified atom stereocenters. The Balaban J connectivity index is 1.60. The van der Waals surface area contributed by atoms with Gasteiger partial charge in [-0.2, -0.15) is 0 Å². The summed E-state index contributed by atoms with van der Waals surface area (Å²) in [6, 6.07) is 0.954. The Morgan fingerprint density at radius 3 is 1.68 bits per heavy atom. The van der Waals surface area contributed by atoms with Gasteiger partial charge in [-0.1, -0.05) is 0 Å². The van der Waals surface area contributed by atoms with Crippen molar-refractivity contribution in [2.24, 2.45) is 10.8 Å². The molecule has 126 valence electrons. The van der Waals surface area contributed by atoms with Gasteiger partial charge >= 0.3 is 5.97 Å². The Hall–Kier alpha value is -0.770. The Morgan fingerprint density at radius 2 is 1.36 bits per heavy atom. The average Bonchev–Trinajstić information content (AvgIpc) is 3.42. The van der Waals surface area contributed by atoms with Gasteiger partial charge in [0.1, 0.15) is 6.61 Å². The van der Waals surface area contributed by atoms with Crippen LogP contribution in [0.25, 0.3) is 0 Å². The smallest absolute Gasteiger partial charge is 0.306 e. The topological polar surface area (TPSA) is 153 Å². The molecule has 3 rings (SSSR count). The minimum absolute atomic E-state index is 0.169. The van der Waals surface area contributed by atoms with E-state index in [4.69, 9.17) is 4.74 Å². The Labute approximate surface area is 129 Å². The van der Waals surface area contributed by atoms with Crippen molar-refractivity contribution < 1.29 is 24.9 Å². The van der Waals surface area contributed by atoms with E-state index < -0.39 is 25.2 Å². The lowest BCUT2D eigenvalue weighted by Gasteiger charge is -2.32. The first-order valence-corrected chi connectivity index (χ1v) is 7.78. The molecule has 0 spiro atoms. The molecule has 0 aromatic carbocycles. The molecule has 3 aliphatic heterocycles. The first-order valence-electron chi connectivity index (χ1n) is 7.78. The van der Waals surface area contributed by atoms with Crippen LogP contribution in [0, 0.1) is 10.8 Å². The molecule has 3 atom stereocenters. The Morgan fingerprint density at radius 1 is 0.955 bits per heavy atom. The number of carbonyl (C=O) groups excluding carboxylic acids is 1. The number of aliphatic hydroxyl groups excluding tert-OH is 3. The summed E-state index contributed by atoms with van der Waals surface area (Å²) in [5.74, 6) is -0.351. The monoisotopic (exact) mass is 315 g/mol. The zero-order valence-electron chi connectivity index (χ0n) is 12.5. The minimum Gasteiger partial charge on any atom is -0.465 e. The van der Waals surface area contributed by atoms with E-state index in [-0.39, 0.29) is 18.0 Å². The SMILES string of the molecule is O=C(CC(C1CN1)(C1CN1)C1CN1)OCC(CO)(CO)CO. The first-order chi connectivity index (χ1) is 10.6. The second-order valence-electron chi connectivity index (χ2n) is 6.81. The molecule has 0 aromatic heterocycles. The molecule has 6 N–H and O–H groups in total. The largest absolute Gasteiger partial charge is 0.465 e. The zero-order valence-corrected chi connectivity index (χ0v) is 12.5. The summed E-state index contributed by atoms with van der Waals surface area (Å²) >= 11 is 0. The number of carbonyl (C=O) groups is 1. The van der Waals surface area contributed by atoms with E-state index in [1.54, 1.807) is 0 Å². The van der Waals surface area contributed by atoms with E-state index in [1.807, 2.05) is 0 Å². The van der Waals surface area contributed by atoms with Crippen LogP contribution in [0.2, 0.25) is 0 Å². The third-order valence-electron chi connectivity index (χ3n) is 5.17. The molecule has 3 heterocycles. The van der Waals surface area contributed by atoms with E-state index in [1.165, 1.54) is 0 Å². The maximum Gasteiger partial charge on any atom is 0.306 e. The summed E-state index contributed by atoms with van der Waals surface area (Å²) < 4.78 is 5.27. The summed E-state index contributed by atoms with van der Waals surface area (Å²) in [5.41, 5.74) is -1.34. The van der Waals surface area contributed by atoms with E-state index in [0.29, 0.717) is 24.5 Å². The maximum absolute atomic E-state index is 12.3. The van der Waals surface area contributed by atoms with Crippen molar-refractivity contribution in [1.82, 2.24) is 16.0 Å². The standard InChI is InChI=1S/C14H25N3O5/c18-5-13(6-19,7-20)8-22-12(21)1-14(9-2-15-9,10-3-16-10)11-4-17-11/h9-11,15-20H,1-8H2. The van der Waals surface area contributed by atoms with Crippen molar-refractivity contribution >= 4 is 5.97 Å². The van der Waals surface area contributed by atoms with Gasteiger partial charge in [-0.15, -0.1) is 0 Å². The van der Waals surface area contributed by atoms with Crippen molar-refractivity contribution in [2.75, 3.05) is 46.1 Å². The van der Waals surface area contributed by atoms with Crippen LogP contribution in [0.5, 0.6) is 0 Å². The minimum atomic E-state index is -1.17. The van der Waals surface area contributed by atoms with Gasteiger partial charge in [-0.25, -0.2) is 0 Å². The van der Waals surface area contributed by atoms with Gasteiger partial charge in [0, 0.05) is 43.2 Å². The molecule has 0 aromatic rings. The molecule has 0 saturated carbocycles. The van der Waals surface area contributed by atoms with Gasteiger partial charge in [-0.3, -0.25) is 4.79 Å². The summed E-state index contributed by atoms with van der Waals surface area (Å²) in [6.45, 7) is 1.26. The molecule has 0 amide bonds. The normalized spacial score (nSPS) is 32.2. The summed E-state index contributed by atoms with van der Waals surface area (Å²) in [7, 11) is 0. The van der Waals surface area contributed by atoms with E-state index >= 15 is 0 Å². The highest BCUT2D eigenvalue weighted by Gasteiger charge is 2.62. The van der Waals surface area contributed by atoms with Gasteiger partial charge in [0.05, 0.1) is 31.7 Å². The molecule has 22 heavy (non-hydrogen) atoms. The number of esters is 1. The molecular formula is C14H25N3O5. The van der Waals surface area contributed by atoms with Gasteiger partial charge in [-0.05, 0) is 0 Å². The summed E-state index contributed by atoms with van der Waals surface area (Å²) in [5, 5.41) is 37.8. The Kier molecular flexibility index (Phi) is 4.41. The highest BCUT2D eigenvalue weighted by Crippen LogP contribution is 2.45. The lowest BCUT2D eigenvalue weighted by atomic mass is 9.74. The molecular weight excluding hydrogens is 290 g/mol. The average molecular weight is 315 g/mol. The molecule has 0 radical (unpaired) electrons. The summed E-state index contributed by atoms with van der Waals surface area (Å²) in [6.07, 6.45) is 0.290. The first kappa shape index (κ1) is 16.1. The number of hydrogen-bond donors (Lipinski definition) is 6. The quantitative estimate of drug-likeness (QED) is 0.182. The fraction of sp³-hybridized carbons (Fsp3) is 0.929. The van der Waals surface area contributed by atoms with Crippen LogP contribution in [0.3, 0.4) is 0 Å². The summed E-state index contributed by atoms with van der Waals surface area (Å²) in [4.78, 5) is 12.3. The number of nitrogens with one attached hydrogen (secondary N) is 3. The number of hydrogen-bond acceptors (Lipinski definition) is 8. The van der Waals surface area contributed by atoms with Crippen molar-refractivity contribution in [3.05, 3.63) is 0 Å². The molecule has 0 bridgehead atoms. The van der Waals surface area contributed by atoms with Crippen LogP contribution in [-0.4, -0.2) is 85.5 Å². The number of ether oxygens (including phenoxy) is 1. The maximum atomic E-state index is 12.3. The van der Waals surface area contributed by atoms with Crippen molar-refractivity contribution in [3.63, 3.8) is 0 Å². The van der Waals surface area contributed by atoms with Crippen LogP contribution in [0.15, 0.2) is 0 Å². The second-order valence-corrected chi connectivity index (χ2v) is 6.81. The molecule has 3 aliphatic rings. The van der Waals surface area contributed by atoms with Gasteiger partial charge in [0.2, 0.25) is 0 Å². The van der Waals surface area contributed by atoms with Crippen LogP contribution in [0.1, 0.15) is 6.42 Å². The van der Waals surface area contributed by atoms with Crippen LogP contribution < -0.4 is 16.0 Å². The van der Waals surface area contributed by atoms with Gasteiger partial charge in [0.25, 0.3) is 0 Å². The van der Waals surface area contributed by atoms with Crippen molar-refractivity contribution in [2.45, 2.75) is 24.5 Å². The van der Waals surface area contributed by atoms with Crippen molar-refractivity contribution in [3.8, 4) is 0 Å². The molecule has 3 saturated heterocycles. The predicted octanol–water partition coefficient (Wildman–Crippen LogP) is -3.22. The van der Waals surface area contributed by atoms with E-state index in [0.717, 1.165) is 19.6 Å². The number of rotatable bonds is 10. The number of aliphatic hydroxyl groups is 3. The van der Waals surface area contributed by atoms with Crippen molar-refractivity contribution in [1.29, 1.82) is 0 Å². The fourth-order valence-electron chi connectivity index (χ4n) is 3.24. The van der Waals surface area contributed by atoms with Crippen LogP contribution in [-0.2, 0) is 9.53 Å². The third-order valence-corrected chi connectivity index (χ3v) is 5.17. The molecule has 3 fully saturated rings. The highest BCUT2D eigenvalue weighted by atomic mass is 16.5. The van der Waals surface area contributed by atoms with E-state index in [2.05, 4.69) is 16.0 Å². The fourth-order valence-corrected chi connectivity index (χ4v) is 3.24. The lowest BCUT2D eigenvalue weighted by molar-refractivity contribution is -0.154. The van der Waals surface area contributed by atoms with E-state index in [9.17, 15) is 20.1 Å². The van der Waals surface area contributed by atoms with Crippen LogP contribution in [0.4, 0.5) is 0 Å². The lowest BCUT2D eigenvalue weighted by Crippen LogP contribution is -2.46. The predicted molar refractivity (Wildman–Crippen MR) is 77.1 cm³/mol. The molecule has 8 heteroatoms.